The summed E-state index contributed by atoms with van der Waals surface area (Å²) in [6.45, 7) is 5.25. The van der Waals surface area contributed by atoms with Gasteiger partial charge in [-0.2, -0.15) is 0 Å². The molecule has 0 fully saturated rings. The molecule has 0 aromatic heterocycles. The first-order valence-corrected chi connectivity index (χ1v) is 6.07. The summed E-state index contributed by atoms with van der Waals surface area (Å²) in [6.07, 6.45) is 0. The van der Waals surface area contributed by atoms with E-state index in [1.54, 1.807) is 12.1 Å². The van der Waals surface area contributed by atoms with Crippen LogP contribution in [0.15, 0.2) is 18.2 Å². The lowest BCUT2D eigenvalue weighted by atomic mass is 9.96. The first kappa shape index (κ1) is 13.8. The van der Waals surface area contributed by atoms with Gasteiger partial charge in [-0.15, -0.1) is 11.6 Å². The Morgan fingerprint density at radius 2 is 2.06 bits per heavy atom. The first-order chi connectivity index (χ1) is 7.46. The Balaban J connectivity index is 2.56. The van der Waals surface area contributed by atoms with E-state index in [0.717, 1.165) is 6.54 Å². The Morgan fingerprint density at radius 1 is 1.38 bits per heavy atom. The monoisotopic (exact) mass is 263 g/mol. The molecule has 0 aliphatic heterocycles. The third kappa shape index (κ3) is 3.93. The molecule has 0 amide bonds. The molecule has 4 heteroatoms. The molecule has 1 nitrogen and oxygen atoms in total. The van der Waals surface area contributed by atoms with Crippen LogP contribution in [0.1, 0.15) is 19.4 Å². The molecular formula is C12H16Cl2FN. The molecule has 0 radical (unpaired) electrons. The van der Waals surface area contributed by atoms with Crippen molar-refractivity contribution < 1.29 is 4.39 Å². The summed E-state index contributed by atoms with van der Waals surface area (Å²) in [5.74, 6) is 0.286. The van der Waals surface area contributed by atoms with Gasteiger partial charge < -0.3 is 5.32 Å². The number of rotatable bonds is 5. The molecule has 1 aromatic carbocycles. The van der Waals surface area contributed by atoms with Crippen molar-refractivity contribution in [2.45, 2.75) is 20.4 Å². The fourth-order valence-corrected chi connectivity index (χ4v) is 1.60. The number of benzene rings is 1. The van der Waals surface area contributed by atoms with E-state index < -0.39 is 0 Å². The molecule has 1 aromatic rings. The Bertz CT molecular complexity index is 333. The molecule has 0 atom stereocenters. The van der Waals surface area contributed by atoms with Gasteiger partial charge in [-0.3, -0.25) is 0 Å². The molecule has 0 bridgehead atoms. The molecule has 1 N–H and O–H groups in total. The van der Waals surface area contributed by atoms with E-state index in [9.17, 15) is 4.39 Å². The minimum Gasteiger partial charge on any atom is -0.312 e. The summed E-state index contributed by atoms with van der Waals surface area (Å²) in [7, 11) is 0. The second kappa shape index (κ2) is 5.85. The highest BCUT2D eigenvalue weighted by atomic mass is 35.5. The number of alkyl halides is 1. The minimum absolute atomic E-state index is 0.000706. The lowest BCUT2D eigenvalue weighted by molar-refractivity contribution is 0.383. The average Bonchev–Trinajstić information content (AvgIpc) is 2.22. The zero-order chi connectivity index (χ0) is 12.2. The SMILES string of the molecule is CC(C)(CCl)CNCc1c(F)cccc1Cl. The predicted molar refractivity (Wildman–Crippen MR) is 67.6 cm³/mol. The summed E-state index contributed by atoms with van der Waals surface area (Å²) >= 11 is 11.7. The van der Waals surface area contributed by atoms with Gasteiger partial charge in [-0.25, -0.2) is 4.39 Å². The minimum atomic E-state index is -0.274. The van der Waals surface area contributed by atoms with Gasteiger partial charge in [0.05, 0.1) is 0 Å². The van der Waals surface area contributed by atoms with E-state index in [1.807, 2.05) is 0 Å². The van der Waals surface area contributed by atoms with Crippen molar-refractivity contribution in [3.63, 3.8) is 0 Å². The molecule has 1 rings (SSSR count). The maximum Gasteiger partial charge on any atom is 0.129 e. The lowest BCUT2D eigenvalue weighted by Gasteiger charge is -2.22. The molecule has 0 saturated carbocycles. The van der Waals surface area contributed by atoms with Crippen molar-refractivity contribution in [3.8, 4) is 0 Å². The number of hydrogen-bond donors (Lipinski definition) is 1. The van der Waals surface area contributed by atoms with Crippen LogP contribution in [0.25, 0.3) is 0 Å². The van der Waals surface area contributed by atoms with Crippen molar-refractivity contribution in [1.29, 1.82) is 0 Å². The molecule has 16 heavy (non-hydrogen) atoms. The van der Waals surface area contributed by atoms with Crippen LogP contribution >= 0.6 is 23.2 Å². The maximum atomic E-state index is 13.4. The van der Waals surface area contributed by atoms with Crippen molar-refractivity contribution >= 4 is 23.2 Å². The van der Waals surface area contributed by atoms with Gasteiger partial charge in [0.25, 0.3) is 0 Å². The van der Waals surface area contributed by atoms with Gasteiger partial charge in [-0.05, 0) is 17.5 Å². The third-order valence-corrected chi connectivity index (χ3v) is 3.41. The maximum absolute atomic E-state index is 13.4. The molecule has 0 unspecified atom stereocenters. The van der Waals surface area contributed by atoms with Crippen LogP contribution in [0, 0.1) is 11.2 Å². The normalized spacial score (nSPS) is 11.8. The van der Waals surface area contributed by atoms with E-state index >= 15 is 0 Å². The van der Waals surface area contributed by atoms with Crippen LogP contribution in [0.5, 0.6) is 0 Å². The van der Waals surface area contributed by atoms with Crippen LogP contribution in [-0.4, -0.2) is 12.4 Å². The second-order valence-electron chi connectivity index (χ2n) is 4.60. The van der Waals surface area contributed by atoms with Crippen LogP contribution < -0.4 is 5.32 Å². The van der Waals surface area contributed by atoms with E-state index in [2.05, 4.69) is 19.2 Å². The predicted octanol–water partition coefficient (Wildman–Crippen LogP) is 3.83. The molecule has 90 valence electrons. The number of halogens is 3. The van der Waals surface area contributed by atoms with Crippen molar-refractivity contribution in [1.82, 2.24) is 5.32 Å². The Hall–Kier alpha value is -0.310. The van der Waals surface area contributed by atoms with Crippen molar-refractivity contribution in [2.75, 3.05) is 12.4 Å². The standard InChI is InChI=1S/C12H16Cl2FN/c1-12(2,7-13)8-16-6-9-10(14)4-3-5-11(9)15/h3-5,16H,6-8H2,1-2H3. The summed E-state index contributed by atoms with van der Waals surface area (Å²) in [6, 6.07) is 4.70. The fraction of sp³-hybridized carbons (Fsp3) is 0.500. The highest BCUT2D eigenvalue weighted by molar-refractivity contribution is 6.31. The average molecular weight is 264 g/mol. The summed E-state index contributed by atoms with van der Waals surface area (Å²) < 4.78 is 13.4. The Labute approximate surface area is 106 Å². The van der Waals surface area contributed by atoms with E-state index in [1.165, 1.54) is 6.07 Å². The molecule has 0 aliphatic rings. The fourth-order valence-electron chi connectivity index (χ4n) is 1.27. The number of hydrogen-bond acceptors (Lipinski definition) is 1. The highest BCUT2D eigenvalue weighted by Crippen LogP contribution is 2.20. The van der Waals surface area contributed by atoms with Crippen LogP contribution in [-0.2, 0) is 6.54 Å². The summed E-state index contributed by atoms with van der Waals surface area (Å²) in [4.78, 5) is 0. The molecule has 0 spiro atoms. The van der Waals surface area contributed by atoms with Crippen LogP contribution in [0.4, 0.5) is 4.39 Å². The topological polar surface area (TPSA) is 12.0 Å². The van der Waals surface area contributed by atoms with Gasteiger partial charge in [0.1, 0.15) is 5.82 Å². The largest absolute Gasteiger partial charge is 0.312 e. The zero-order valence-corrected chi connectivity index (χ0v) is 11.0. The first-order valence-electron chi connectivity index (χ1n) is 5.16. The lowest BCUT2D eigenvalue weighted by Crippen LogP contribution is -2.30. The van der Waals surface area contributed by atoms with Crippen molar-refractivity contribution in [3.05, 3.63) is 34.6 Å². The van der Waals surface area contributed by atoms with Gasteiger partial charge in [-0.1, -0.05) is 31.5 Å². The Kier molecular flexibility index (Phi) is 5.03. The van der Waals surface area contributed by atoms with Crippen LogP contribution in [0.2, 0.25) is 5.02 Å². The van der Waals surface area contributed by atoms with E-state index in [-0.39, 0.29) is 11.2 Å². The highest BCUT2D eigenvalue weighted by Gasteiger charge is 2.16. The quantitative estimate of drug-likeness (QED) is 0.797. The summed E-state index contributed by atoms with van der Waals surface area (Å²) in [5.41, 5.74) is 0.508. The molecular weight excluding hydrogens is 248 g/mol. The zero-order valence-electron chi connectivity index (χ0n) is 9.49. The van der Waals surface area contributed by atoms with Crippen LogP contribution in [0.3, 0.4) is 0 Å². The molecule has 0 heterocycles. The van der Waals surface area contributed by atoms with Gasteiger partial charge in [0.15, 0.2) is 0 Å². The third-order valence-electron chi connectivity index (χ3n) is 2.33. The summed E-state index contributed by atoms with van der Waals surface area (Å²) in [5, 5.41) is 3.62. The van der Waals surface area contributed by atoms with E-state index in [4.69, 9.17) is 23.2 Å². The van der Waals surface area contributed by atoms with E-state index in [0.29, 0.717) is 23.0 Å². The Morgan fingerprint density at radius 3 is 2.62 bits per heavy atom. The van der Waals surface area contributed by atoms with Gasteiger partial charge >= 0.3 is 0 Å². The number of nitrogens with one attached hydrogen (secondary N) is 1. The van der Waals surface area contributed by atoms with Crippen molar-refractivity contribution in [2.24, 2.45) is 5.41 Å². The van der Waals surface area contributed by atoms with Gasteiger partial charge in [0, 0.05) is 29.6 Å². The smallest absolute Gasteiger partial charge is 0.129 e. The van der Waals surface area contributed by atoms with Gasteiger partial charge in [0.2, 0.25) is 0 Å². The second-order valence-corrected chi connectivity index (χ2v) is 5.28. The molecule has 0 aliphatic carbocycles. The molecule has 0 saturated heterocycles.